The molecule has 0 saturated carbocycles. The summed E-state index contributed by atoms with van der Waals surface area (Å²) in [5.41, 5.74) is 3.78. The lowest BCUT2D eigenvalue weighted by molar-refractivity contribution is -0.0495. The Balaban J connectivity index is 1.44. The fourth-order valence-electron chi connectivity index (χ4n) is 4.64. The molecular formula is C25H24F2N6O2. The van der Waals surface area contributed by atoms with Crippen molar-refractivity contribution in [2.75, 3.05) is 18.0 Å². The monoisotopic (exact) mass is 478 g/mol. The van der Waals surface area contributed by atoms with E-state index in [1.54, 1.807) is 53.6 Å². The number of anilines is 1. The molecule has 4 aromatic rings. The van der Waals surface area contributed by atoms with E-state index in [2.05, 4.69) is 19.9 Å². The van der Waals surface area contributed by atoms with Crippen LogP contribution in [0.4, 0.5) is 14.5 Å². The predicted octanol–water partition coefficient (Wildman–Crippen LogP) is 3.92. The number of hydrogen-bond donors (Lipinski definition) is 0. The van der Waals surface area contributed by atoms with E-state index < -0.39 is 6.61 Å². The Morgan fingerprint density at radius 3 is 2.51 bits per heavy atom. The third-order valence-corrected chi connectivity index (χ3v) is 6.39. The van der Waals surface area contributed by atoms with Crippen LogP contribution in [0.3, 0.4) is 0 Å². The standard InChI is InChI=1S/C25H24F2N6O2/c1-16-20(30-9-8-28-16)15-33-23-19(29-10-11-31-23)14-18(24(33)34)17-6-12-32(13-7-17)21-4-2-3-5-22(21)35-25(26)27/h2-5,8-11,14,17,25H,6-7,12-13,15H2,1H3. The number of para-hydroxylation sites is 2. The molecule has 8 nitrogen and oxygen atoms in total. The molecule has 0 bridgehead atoms. The first kappa shape index (κ1) is 22.8. The highest BCUT2D eigenvalue weighted by molar-refractivity contribution is 5.71. The molecule has 1 saturated heterocycles. The summed E-state index contributed by atoms with van der Waals surface area (Å²) in [4.78, 5) is 33.2. The largest absolute Gasteiger partial charge is 0.433 e. The number of alkyl halides is 2. The van der Waals surface area contributed by atoms with Gasteiger partial charge in [-0.05, 0) is 43.9 Å². The third kappa shape index (κ3) is 4.68. The summed E-state index contributed by atoms with van der Waals surface area (Å²) in [6, 6.07) is 8.63. The maximum absolute atomic E-state index is 13.7. The molecule has 0 atom stereocenters. The van der Waals surface area contributed by atoms with E-state index in [1.165, 1.54) is 0 Å². The van der Waals surface area contributed by atoms with Crippen LogP contribution in [0.2, 0.25) is 0 Å². The number of nitrogens with zero attached hydrogens (tertiary/aromatic N) is 6. The van der Waals surface area contributed by atoms with Gasteiger partial charge < -0.3 is 9.64 Å². The summed E-state index contributed by atoms with van der Waals surface area (Å²) in [5, 5.41) is 0. The van der Waals surface area contributed by atoms with Gasteiger partial charge in [0.1, 0.15) is 11.3 Å². The Morgan fingerprint density at radius 2 is 1.74 bits per heavy atom. The van der Waals surface area contributed by atoms with Crippen molar-refractivity contribution < 1.29 is 13.5 Å². The highest BCUT2D eigenvalue weighted by Crippen LogP contribution is 2.35. The number of fused-ring (bicyclic) bond motifs is 1. The fourth-order valence-corrected chi connectivity index (χ4v) is 4.64. The number of hydrogen-bond acceptors (Lipinski definition) is 7. The van der Waals surface area contributed by atoms with E-state index >= 15 is 0 Å². The van der Waals surface area contributed by atoms with Crippen LogP contribution in [0.5, 0.6) is 5.75 Å². The van der Waals surface area contributed by atoms with Crippen molar-refractivity contribution in [3.05, 3.63) is 82.4 Å². The minimum Gasteiger partial charge on any atom is -0.433 e. The summed E-state index contributed by atoms with van der Waals surface area (Å²) >= 11 is 0. The van der Waals surface area contributed by atoms with E-state index in [0.29, 0.717) is 54.0 Å². The van der Waals surface area contributed by atoms with Crippen molar-refractivity contribution in [2.24, 2.45) is 0 Å². The lowest BCUT2D eigenvalue weighted by Crippen LogP contribution is -2.36. The average molecular weight is 479 g/mol. The van der Waals surface area contributed by atoms with Gasteiger partial charge in [-0.1, -0.05) is 12.1 Å². The number of benzene rings is 1. The molecule has 0 unspecified atom stereocenters. The van der Waals surface area contributed by atoms with E-state index in [-0.39, 0.29) is 23.8 Å². The SMILES string of the molecule is Cc1nccnc1Cn1c(=O)c(C2CCN(c3ccccc3OC(F)F)CC2)cc2nccnc21. The average Bonchev–Trinajstić information content (AvgIpc) is 2.87. The molecule has 4 heterocycles. The number of aryl methyl sites for hydroxylation is 1. The quantitative estimate of drug-likeness (QED) is 0.415. The molecule has 0 radical (unpaired) electrons. The smallest absolute Gasteiger partial charge is 0.387 e. The predicted molar refractivity (Wildman–Crippen MR) is 127 cm³/mol. The van der Waals surface area contributed by atoms with Crippen LogP contribution in [0.15, 0.2) is 59.9 Å². The molecule has 0 N–H and O–H groups in total. The minimum absolute atomic E-state index is 0.00235. The normalized spacial score (nSPS) is 14.6. The summed E-state index contributed by atoms with van der Waals surface area (Å²) in [6.07, 6.45) is 7.78. The molecule has 3 aromatic heterocycles. The van der Waals surface area contributed by atoms with Crippen molar-refractivity contribution in [1.29, 1.82) is 0 Å². The number of piperidine rings is 1. The van der Waals surface area contributed by atoms with Crippen LogP contribution < -0.4 is 15.2 Å². The molecule has 0 aliphatic carbocycles. The van der Waals surface area contributed by atoms with Gasteiger partial charge in [0.05, 0.1) is 23.6 Å². The second-order valence-corrected chi connectivity index (χ2v) is 8.45. The Morgan fingerprint density at radius 1 is 1.03 bits per heavy atom. The Labute approximate surface area is 200 Å². The van der Waals surface area contributed by atoms with Gasteiger partial charge in [0.2, 0.25) is 0 Å². The molecule has 1 aliphatic heterocycles. The summed E-state index contributed by atoms with van der Waals surface area (Å²) < 4.78 is 32.0. The van der Waals surface area contributed by atoms with Gasteiger partial charge in [-0.3, -0.25) is 24.3 Å². The first-order valence-electron chi connectivity index (χ1n) is 11.4. The van der Waals surface area contributed by atoms with Crippen LogP contribution in [-0.4, -0.2) is 44.2 Å². The molecule has 5 rings (SSSR count). The van der Waals surface area contributed by atoms with Gasteiger partial charge >= 0.3 is 6.61 Å². The van der Waals surface area contributed by atoms with E-state index in [1.807, 2.05) is 17.9 Å². The maximum atomic E-state index is 13.7. The van der Waals surface area contributed by atoms with E-state index in [4.69, 9.17) is 4.74 Å². The van der Waals surface area contributed by atoms with Crippen molar-refractivity contribution >= 4 is 16.9 Å². The molecule has 0 spiro atoms. The van der Waals surface area contributed by atoms with E-state index in [9.17, 15) is 13.6 Å². The zero-order chi connectivity index (χ0) is 24.4. The molecule has 35 heavy (non-hydrogen) atoms. The van der Waals surface area contributed by atoms with Crippen LogP contribution in [-0.2, 0) is 6.54 Å². The van der Waals surface area contributed by atoms with Crippen LogP contribution >= 0.6 is 0 Å². The van der Waals surface area contributed by atoms with Gasteiger partial charge in [0.15, 0.2) is 5.65 Å². The van der Waals surface area contributed by atoms with Gasteiger partial charge in [-0.15, -0.1) is 0 Å². The minimum atomic E-state index is -2.89. The van der Waals surface area contributed by atoms with Gasteiger partial charge in [0.25, 0.3) is 5.56 Å². The Hall–Kier alpha value is -3.95. The van der Waals surface area contributed by atoms with Gasteiger partial charge in [-0.2, -0.15) is 8.78 Å². The summed E-state index contributed by atoms with van der Waals surface area (Å²) in [5.74, 6) is 0.158. The molecule has 1 fully saturated rings. The van der Waals surface area contributed by atoms with Crippen molar-refractivity contribution in [2.45, 2.75) is 38.8 Å². The number of rotatable bonds is 6. The molecule has 0 amide bonds. The van der Waals surface area contributed by atoms with Crippen LogP contribution in [0.1, 0.15) is 35.7 Å². The first-order chi connectivity index (χ1) is 17.0. The van der Waals surface area contributed by atoms with Crippen LogP contribution in [0.25, 0.3) is 11.2 Å². The highest BCUT2D eigenvalue weighted by atomic mass is 19.3. The van der Waals surface area contributed by atoms with Gasteiger partial charge in [0, 0.05) is 43.4 Å². The zero-order valence-corrected chi connectivity index (χ0v) is 19.1. The molecule has 1 aromatic carbocycles. The van der Waals surface area contributed by atoms with Crippen molar-refractivity contribution in [3.8, 4) is 5.75 Å². The second-order valence-electron chi connectivity index (χ2n) is 8.45. The van der Waals surface area contributed by atoms with Crippen molar-refractivity contribution in [3.63, 3.8) is 0 Å². The summed E-state index contributed by atoms with van der Waals surface area (Å²) in [6.45, 7) is 0.434. The second kappa shape index (κ2) is 9.73. The molecular weight excluding hydrogens is 454 g/mol. The van der Waals surface area contributed by atoms with Crippen LogP contribution in [0, 0.1) is 6.92 Å². The summed E-state index contributed by atoms with van der Waals surface area (Å²) in [7, 11) is 0. The number of ether oxygens (including phenoxy) is 1. The Bertz CT molecular complexity index is 1400. The lowest BCUT2D eigenvalue weighted by atomic mass is 9.89. The topological polar surface area (TPSA) is 86.0 Å². The lowest BCUT2D eigenvalue weighted by Gasteiger charge is -2.34. The first-order valence-corrected chi connectivity index (χ1v) is 11.4. The van der Waals surface area contributed by atoms with Gasteiger partial charge in [-0.25, -0.2) is 4.98 Å². The Kier molecular flexibility index (Phi) is 6.35. The third-order valence-electron chi connectivity index (χ3n) is 6.39. The number of pyridine rings is 1. The fraction of sp³-hybridized carbons (Fsp3) is 0.320. The molecule has 1 aliphatic rings. The molecule has 180 valence electrons. The number of halogens is 2. The van der Waals surface area contributed by atoms with Crippen molar-refractivity contribution in [1.82, 2.24) is 24.5 Å². The maximum Gasteiger partial charge on any atom is 0.387 e. The number of aromatic nitrogens is 5. The zero-order valence-electron chi connectivity index (χ0n) is 19.1. The highest BCUT2D eigenvalue weighted by Gasteiger charge is 2.26. The molecule has 10 heteroatoms. The van der Waals surface area contributed by atoms with E-state index in [0.717, 1.165) is 5.69 Å².